The van der Waals surface area contributed by atoms with Crippen molar-refractivity contribution in [1.82, 2.24) is 15.1 Å². The molecule has 4 unspecified atom stereocenters. The van der Waals surface area contributed by atoms with Crippen molar-refractivity contribution in [3.05, 3.63) is 101 Å². The monoisotopic (exact) mass is 567 g/mol. The molecule has 4 atom stereocenters. The van der Waals surface area contributed by atoms with E-state index in [1.165, 1.54) is 0 Å². The van der Waals surface area contributed by atoms with Crippen LogP contribution in [0, 0.1) is 18.8 Å². The number of rotatable bonds is 8. The van der Waals surface area contributed by atoms with E-state index in [0.717, 1.165) is 16.7 Å². The highest BCUT2D eigenvalue weighted by Crippen LogP contribution is 2.52. The van der Waals surface area contributed by atoms with Gasteiger partial charge in [-0.3, -0.25) is 14.4 Å². The van der Waals surface area contributed by atoms with Crippen LogP contribution >= 0.6 is 0 Å². The molecule has 42 heavy (non-hydrogen) atoms. The number of nitrogens with zero attached hydrogens (tertiary/aromatic N) is 2. The molecule has 0 spiro atoms. The Bertz CT molecular complexity index is 1380. The summed E-state index contributed by atoms with van der Waals surface area (Å²) in [5.74, 6) is -0.720. The number of benzene rings is 3. The van der Waals surface area contributed by atoms with Crippen LogP contribution in [0.4, 0.5) is 0 Å². The highest BCUT2D eigenvalue weighted by molar-refractivity contribution is 6.02. The SMILES string of the molecule is COc1ccc(C(=O)C2C(c3ccccc3)C(C(=O)N3CCNCC3)N(C(=O)CC(C)C)C2c2ccc(C)cc2)cc1. The van der Waals surface area contributed by atoms with E-state index in [2.05, 4.69) is 5.32 Å². The van der Waals surface area contributed by atoms with E-state index in [-0.39, 0.29) is 23.5 Å². The largest absolute Gasteiger partial charge is 0.497 e. The van der Waals surface area contributed by atoms with Crippen LogP contribution in [0.3, 0.4) is 0 Å². The molecular weight excluding hydrogens is 526 g/mol. The number of Topliss-reactive ketones (excluding diaryl/α,β-unsaturated/α-hetero) is 1. The fraction of sp³-hybridized carbons (Fsp3) is 0.400. The fourth-order valence-electron chi connectivity index (χ4n) is 6.47. The van der Waals surface area contributed by atoms with E-state index in [1.54, 1.807) is 36.3 Å². The Morgan fingerprint density at radius 1 is 0.881 bits per heavy atom. The topological polar surface area (TPSA) is 79.0 Å². The first-order valence-corrected chi connectivity index (χ1v) is 14.9. The Balaban J connectivity index is 1.73. The molecule has 2 aliphatic rings. The Kier molecular flexibility index (Phi) is 9.07. The van der Waals surface area contributed by atoms with E-state index in [4.69, 9.17) is 4.74 Å². The van der Waals surface area contributed by atoms with E-state index >= 15 is 0 Å². The summed E-state index contributed by atoms with van der Waals surface area (Å²) in [6.45, 7) is 8.57. The zero-order valence-corrected chi connectivity index (χ0v) is 25.0. The lowest BCUT2D eigenvalue weighted by atomic mass is 9.76. The molecule has 0 bridgehead atoms. The molecule has 7 nitrogen and oxygen atoms in total. The first-order chi connectivity index (χ1) is 20.3. The average molecular weight is 568 g/mol. The molecule has 7 heteroatoms. The van der Waals surface area contributed by atoms with Gasteiger partial charge in [0.2, 0.25) is 11.8 Å². The van der Waals surface area contributed by atoms with Crippen LogP contribution in [0.2, 0.25) is 0 Å². The van der Waals surface area contributed by atoms with Crippen molar-refractivity contribution in [3.8, 4) is 5.75 Å². The molecule has 3 aromatic rings. The van der Waals surface area contributed by atoms with Gasteiger partial charge in [-0.2, -0.15) is 0 Å². The maximum atomic E-state index is 14.7. The lowest BCUT2D eigenvalue weighted by Crippen LogP contribution is -2.55. The predicted molar refractivity (Wildman–Crippen MR) is 163 cm³/mol. The number of hydrogen-bond donors (Lipinski definition) is 1. The third-order valence-corrected chi connectivity index (χ3v) is 8.50. The second kappa shape index (κ2) is 12.9. The van der Waals surface area contributed by atoms with E-state index in [1.807, 2.05) is 80.3 Å². The second-order valence-corrected chi connectivity index (χ2v) is 11.8. The summed E-state index contributed by atoms with van der Waals surface area (Å²) in [5, 5.41) is 3.32. The first-order valence-electron chi connectivity index (χ1n) is 14.9. The number of piperazine rings is 1. The number of nitrogens with one attached hydrogen (secondary N) is 1. The highest BCUT2D eigenvalue weighted by Gasteiger charge is 2.57. The number of carbonyl (C=O) groups excluding carboxylic acids is 3. The molecule has 2 fully saturated rings. The Labute approximate surface area is 248 Å². The van der Waals surface area contributed by atoms with E-state index < -0.39 is 23.9 Å². The normalized spacial score (nSPS) is 22.3. The zero-order valence-electron chi connectivity index (χ0n) is 25.0. The molecule has 3 aromatic carbocycles. The van der Waals surface area contributed by atoms with Crippen molar-refractivity contribution in [2.75, 3.05) is 33.3 Å². The number of carbonyl (C=O) groups is 3. The van der Waals surface area contributed by atoms with Gasteiger partial charge >= 0.3 is 0 Å². The number of likely N-dealkylation sites (tertiary alicyclic amines) is 1. The van der Waals surface area contributed by atoms with Gasteiger partial charge in [-0.1, -0.05) is 74.0 Å². The van der Waals surface area contributed by atoms with Crippen molar-refractivity contribution in [3.63, 3.8) is 0 Å². The molecule has 220 valence electrons. The van der Waals surface area contributed by atoms with Gasteiger partial charge in [0.25, 0.3) is 0 Å². The minimum atomic E-state index is -0.810. The Morgan fingerprint density at radius 2 is 1.52 bits per heavy atom. The molecule has 0 aromatic heterocycles. The third-order valence-electron chi connectivity index (χ3n) is 8.50. The van der Waals surface area contributed by atoms with Crippen molar-refractivity contribution >= 4 is 17.6 Å². The van der Waals surface area contributed by atoms with E-state index in [9.17, 15) is 14.4 Å². The number of amides is 2. The quantitative estimate of drug-likeness (QED) is 0.387. The van der Waals surface area contributed by atoms with Gasteiger partial charge in [-0.05, 0) is 48.2 Å². The zero-order chi connectivity index (χ0) is 29.8. The van der Waals surface area contributed by atoms with Gasteiger partial charge < -0.3 is 19.9 Å². The molecule has 1 N–H and O–H groups in total. The maximum absolute atomic E-state index is 14.7. The molecule has 2 saturated heterocycles. The summed E-state index contributed by atoms with van der Waals surface area (Å²) in [4.78, 5) is 47.2. The van der Waals surface area contributed by atoms with Gasteiger partial charge in [0, 0.05) is 44.1 Å². The number of ketones is 1. The number of aryl methyl sites for hydroxylation is 1. The van der Waals surface area contributed by atoms with Crippen molar-refractivity contribution in [2.24, 2.45) is 11.8 Å². The molecule has 2 heterocycles. The minimum Gasteiger partial charge on any atom is -0.497 e. The van der Waals surface area contributed by atoms with Gasteiger partial charge in [0.05, 0.1) is 19.1 Å². The molecular formula is C35H41N3O4. The molecule has 0 saturated carbocycles. The number of ether oxygens (including phenoxy) is 1. The van der Waals surface area contributed by atoms with Crippen LogP contribution < -0.4 is 10.1 Å². The summed E-state index contributed by atoms with van der Waals surface area (Å²) < 4.78 is 5.35. The predicted octanol–water partition coefficient (Wildman–Crippen LogP) is 5.02. The summed E-state index contributed by atoms with van der Waals surface area (Å²) in [6, 6.07) is 23.5. The lowest BCUT2D eigenvalue weighted by molar-refractivity contribution is -0.146. The van der Waals surface area contributed by atoms with Gasteiger partial charge in [-0.15, -0.1) is 0 Å². The van der Waals surface area contributed by atoms with Crippen molar-refractivity contribution < 1.29 is 19.1 Å². The highest BCUT2D eigenvalue weighted by atomic mass is 16.5. The standard InChI is InChI=1S/C35H41N3O4/c1-23(2)22-29(39)38-32(26-12-10-24(3)11-13-26)31(34(40)27-14-16-28(42-4)17-15-27)30(25-8-6-5-7-9-25)33(38)35(41)37-20-18-36-19-21-37/h5-17,23,30-33,36H,18-22H2,1-4H3. The van der Waals surface area contributed by atoms with Crippen LogP contribution in [0.5, 0.6) is 5.75 Å². The smallest absolute Gasteiger partial charge is 0.246 e. The van der Waals surface area contributed by atoms with Crippen molar-refractivity contribution in [1.29, 1.82) is 0 Å². The van der Waals surface area contributed by atoms with E-state index in [0.29, 0.717) is 43.9 Å². The molecule has 0 aliphatic carbocycles. The molecule has 0 radical (unpaired) electrons. The summed E-state index contributed by atoms with van der Waals surface area (Å²) in [7, 11) is 1.59. The number of methoxy groups -OCH3 is 1. The van der Waals surface area contributed by atoms with Crippen molar-refractivity contribution in [2.45, 2.75) is 45.2 Å². The van der Waals surface area contributed by atoms with Crippen LogP contribution in [-0.2, 0) is 9.59 Å². The summed E-state index contributed by atoms with van der Waals surface area (Å²) in [6.07, 6.45) is 0.290. The van der Waals surface area contributed by atoms with Crippen LogP contribution in [-0.4, -0.2) is 66.7 Å². The fourth-order valence-corrected chi connectivity index (χ4v) is 6.47. The maximum Gasteiger partial charge on any atom is 0.246 e. The van der Waals surface area contributed by atoms with Gasteiger partial charge in [-0.25, -0.2) is 0 Å². The average Bonchev–Trinajstić information content (AvgIpc) is 3.37. The Hall–Kier alpha value is -3.97. The lowest BCUT2D eigenvalue weighted by Gasteiger charge is -2.36. The first kappa shape index (κ1) is 29.5. The van der Waals surface area contributed by atoms with Crippen LogP contribution in [0.15, 0.2) is 78.9 Å². The summed E-state index contributed by atoms with van der Waals surface area (Å²) in [5.41, 5.74) is 3.36. The van der Waals surface area contributed by atoms with Crippen LogP contribution in [0.25, 0.3) is 0 Å². The molecule has 2 aliphatic heterocycles. The summed E-state index contributed by atoms with van der Waals surface area (Å²) >= 11 is 0. The molecule has 5 rings (SSSR count). The second-order valence-electron chi connectivity index (χ2n) is 11.8. The van der Waals surface area contributed by atoms with Crippen LogP contribution in [0.1, 0.15) is 59.3 Å². The minimum absolute atomic E-state index is 0.0879. The Morgan fingerprint density at radius 3 is 2.12 bits per heavy atom. The molecule has 2 amide bonds. The third kappa shape index (κ3) is 5.97. The van der Waals surface area contributed by atoms with Gasteiger partial charge in [0.1, 0.15) is 11.8 Å². The number of hydrogen-bond acceptors (Lipinski definition) is 5. The van der Waals surface area contributed by atoms with Gasteiger partial charge in [0.15, 0.2) is 5.78 Å².